The van der Waals surface area contributed by atoms with E-state index in [9.17, 15) is 14.7 Å². The topological polar surface area (TPSA) is 66.4 Å². The van der Waals surface area contributed by atoms with Gasteiger partial charge in [-0.2, -0.15) is 0 Å². The van der Waals surface area contributed by atoms with Gasteiger partial charge in [-0.25, -0.2) is 0 Å². The monoisotopic (exact) mass is 267 g/mol. The van der Waals surface area contributed by atoms with E-state index in [0.717, 1.165) is 16.7 Å². The van der Waals surface area contributed by atoms with Crippen molar-refractivity contribution in [1.29, 1.82) is 0 Å². The van der Waals surface area contributed by atoms with Crippen LogP contribution in [0.15, 0.2) is 53.1 Å². The lowest BCUT2D eigenvalue weighted by atomic mass is 9.88. The van der Waals surface area contributed by atoms with Crippen LogP contribution in [0, 0.1) is 0 Å². The van der Waals surface area contributed by atoms with Crippen LogP contribution in [0.1, 0.15) is 18.4 Å². The van der Waals surface area contributed by atoms with Crippen LogP contribution >= 0.6 is 0 Å². The van der Waals surface area contributed by atoms with Crippen LogP contribution in [-0.4, -0.2) is 16.9 Å². The van der Waals surface area contributed by atoms with Crippen molar-refractivity contribution >= 4 is 17.9 Å². The standard InChI is InChI=1S/C16H13NO3/c18-13-5-2-10(3-6-13)7-11-1-4-12-9-15(19)17-16(20)14(12)8-11/h1-7,18H,8-9H2,(H,17,19,20). The molecule has 0 spiro atoms. The summed E-state index contributed by atoms with van der Waals surface area (Å²) in [5.74, 6) is -0.317. The molecule has 1 aliphatic heterocycles. The molecule has 0 fully saturated rings. The van der Waals surface area contributed by atoms with Crippen molar-refractivity contribution in [1.82, 2.24) is 5.32 Å². The molecule has 2 N–H and O–H groups in total. The molecule has 0 unspecified atom stereocenters. The van der Waals surface area contributed by atoms with Crippen LogP contribution in [0.25, 0.3) is 6.08 Å². The van der Waals surface area contributed by atoms with Crippen LogP contribution in [0.5, 0.6) is 5.75 Å². The molecule has 4 heteroatoms. The number of hydrogen-bond acceptors (Lipinski definition) is 3. The second-order valence-electron chi connectivity index (χ2n) is 4.88. The average molecular weight is 267 g/mol. The van der Waals surface area contributed by atoms with Crippen molar-refractivity contribution in [3.63, 3.8) is 0 Å². The number of allylic oxidation sites excluding steroid dienone is 3. The summed E-state index contributed by atoms with van der Waals surface area (Å²) in [6.45, 7) is 0. The summed E-state index contributed by atoms with van der Waals surface area (Å²) in [5.41, 5.74) is 3.43. The molecule has 0 aromatic heterocycles. The Kier molecular flexibility index (Phi) is 2.99. The first kappa shape index (κ1) is 12.4. The first-order valence-corrected chi connectivity index (χ1v) is 6.36. The van der Waals surface area contributed by atoms with Gasteiger partial charge in [-0.3, -0.25) is 14.9 Å². The second kappa shape index (κ2) is 4.81. The van der Waals surface area contributed by atoms with Gasteiger partial charge in [0.2, 0.25) is 5.91 Å². The maximum absolute atomic E-state index is 11.8. The van der Waals surface area contributed by atoms with E-state index in [1.165, 1.54) is 0 Å². The number of phenolic OH excluding ortho intramolecular Hbond substituents is 1. The molecule has 1 heterocycles. The van der Waals surface area contributed by atoms with E-state index < -0.39 is 0 Å². The van der Waals surface area contributed by atoms with E-state index in [0.29, 0.717) is 12.0 Å². The van der Waals surface area contributed by atoms with Gasteiger partial charge >= 0.3 is 0 Å². The van der Waals surface area contributed by atoms with Gasteiger partial charge in [-0.1, -0.05) is 30.4 Å². The number of amides is 2. The van der Waals surface area contributed by atoms with Gasteiger partial charge in [0.15, 0.2) is 0 Å². The Morgan fingerprint density at radius 3 is 2.55 bits per heavy atom. The summed E-state index contributed by atoms with van der Waals surface area (Å²) >= 11 is 0. The van der Waals surface area contributed by atoms with Gasteiger partial charge < -0.3 is 5.11 Å². The molecule has 0 saturated heterocycles. The molecule has 0 bridgehead atoms. The lowest BCUT2D eigenvalue weighted by Gasteiger charge is -2.21. The summed E-state index contributed by atoms with van der Waals surface area (Å²) in [6.07, 6.45) is 6.51. The van der Waals surface area contributed by atoms with E-state index in [4.69, 9.17) is 0 Å². The number of aromatic hydroxyl groups is 1. The van der Waals surface area contributed by atoms with Crippen molar-refractivity contribution in [2.24, 2.45) is 0 Å². The minimum absolute atomic E-state index is 0.224. The maximum atomic E-state index is 11.8. The fourth-order valence-electron chi connectivity index (χ4n) is 2.38. The molecule has 3 rings (SSSR count). The molecular weight excluding hydrogens is 254 g/mol. The van der Waals surface area contributed by atoms with E-state index in [-0.39, 0.29) is 24.0 Å². The Balaban J connectivity index is 1.87. The molecular formula is C16H13NO3. The van der Waals surface area contributed by atoms with Crippen molar-refractivity contribution in [3.8, 4) is 5.75 Å². The zero-order valence-corrected chi connectivity index (χ0v) is 10.7. The van der Waals surface area contributed by atoms with Gasteiger partial charge in [0.05, 0.1) is 6.42 Å². The zero-order valence-electron chi connectivity index (χ0n) is 10.7. The Hall–Kier alpha value is -2.62. The summed E-state index contributed by atoms with van der Waals surface area (Å²) in [5, 5.41) is 11.6. The summed E-state index contributed by atoms with van der Waals surface area (Å²) < 4.78 is 0. The molecule has 0 radical (unpaired) electrons. The van der Waals surface area contributed by atoms with Crippen LogP contribution in [-0.2, 0) is 9.59 Å². The van der Waals surface area contributed by atoms with Gasteiger partial charge in [0.25, 0.3) is 5.91 Å². The number of rotatable bonds is 1. The number of carbonyl (C=O) groups is 2. The minimum Gasteiger partial charge on any atom is -0.508 e. The fourth-order valence-corrected chi connectivity index (χ4v) is 2.38. The molecule has 1 aliphatic carbocycles. The van der Waals surface area contributed by atoms with Crippen LogP contribution in [0.4, 0.5) is 0 Å². The summed E-state index contributed by atoms with van der Waals surface area (Å²) in [4.78, 5) is 23.1. The number of hydrogen-bond donors (Lipinski definition) is 2. The van der Waals surface area contributed by atoms with Crippen LogP contribution in [0.3, 0.4) is 0 Å². The maximum Gasteiger partial charge on any atom is 0.254 e. The van der Waals surface area contributed by atoms with E-state index in [2.05, 4.69) is 5.32 Å². The molecule has 0 saturated carbocycles. The SMILES string of the molecule is O=C1CC2=C(CC(=Cc3ccc(O)cc3)C=C2)C(=O)N1. The number of imide groups is 1. The van der Waals surface area contributed by atoms with Crippen molar-refractivity contribution in [2.75, 3.05) is 0 Å². The number of benzene rings is 1. The first-order chi connectivity index (χ1) is 9.61. The fraction of sp³-hybridized carbons (Fsp3) is 0.125. The highest BCUT2D eigenvalue weighted by molar-refractivity contribution is 6.09. The number of phenols is 1. The molecule has 20 heavy (non-hydrogen) atoms. The predicted octanol–water partition coefficient (Wildman–Crippen LogP) is 2.08. The van der Waals surface area contributed by atoms with Crippen LogP contribution < -0.4 is 5.32 Å². The Morgan fingerprint density at radius 2 is 1.80 bits per heavy atom. The summed E-state index contributed by atoms with van der Waals surface area (Å²) in [7, 11) is 0. The third kappa shape index (κ3) is 2.40. The van der Waals surface area contributed by atoms with Gasteiger partial charge in [-0.15, -0.1) is 0 Å². The zero-order chi connectivity index (χ0) is 14.1. The highest BCUT2D eigenvalue weighted by Gasteiger charge is 2.26. The van der Waals surface area contributed by atoms with Crippen molar-refractivity contribution in [2.45, 2.75) is 12.8 Å². The molecule has 1 aromatic rings. The van der Waals surface area contributed by atoms with E-state index in [1.54, 1.807) is 12.1 Å². The largest absolute Gasteiger partial charge is 0.508 e. The Labute approximate surface area is 116 Å². The van der Waals surface area contributed by atoms with E-state index >= 15 is 0 Å². The smallest absolute Gasteiger partial charge is 0.254 e. The third-order valence-electron chi connectivity index (χ3n) is 3.39. The summed E-state index contributed by atoms with van der Waals surface area (Å²) in [6, 6.07) is 6.86. The molecule has 100 valence electrons. The second-order valence-corrected chi connectivity index (χ2v) is 4.88. The third-order valence-corrected chi connectivity index (χ3v) is 3.39. The molecule has 4 nitrogen and oxygen atoms in total. The molecule has 0 atom stereocenters. The predicted molar refractivity (Wildman–Crippen MR) is 74.6 cm³/mol. The lowest BCUT2D eigenvalue weighted by Crippen LogP contribution is -2.37. The normalized spacial score (nSPS) is 20.1. The number of carbonyl (C=O) groups excluding carboxylic acids is 2. The van der Waals surface area contributed by atoms with E-state index in [1.807, 2.05) is 30.4 Å². The van der Waals surface area contributed by atoms with Crippen molar-refractivity contribution in [3.05, 3.63) is 58.7 Å². The highest BCUT2D eigenvalue weighted by Crippen LogP contribution is 2.29. The van der Waals surface area contributed by atoms with Gasteiger partial charge in [-0.05, 0) is 28.8 Å². The Morgan fingerprint density at radius 1 is 1.05 bits per heavy atom. The van der Waals surface area contributed by atoms with Gasteiger partial charge in [0.1, 0.15) is 5.75 Å². The van der Waals surface area contributed by atoms with Gasteiger partial charge in [0, 0.05) is 12.0 Å². The quantitative estimate of drug-likeness (QED) is 0.765. The molecule has 1 aromatic carbocycles. The first-order valence-electron chi connectivity index (χ1n) is 6.36. The Bertz CT molecular complexity index is 678. The highest BCUT2D eigenvalue weighted by atomic mass is 16.3. The molecule has 2 aliphatic rings. The number of nitrogens with one attached hydrogen (secondary N) is 1. The van der Waals surface area contributed by atoms with Crippen LogP contribution in [0.2, 0.25) is 0 Å². The molecule has 2 amide bonds. The minimum atomic E-state index is -0.294. The average Bonchev–Trinajstić information content (AvgIpc) is 2.42. The van der Waals surface area contributed by atoms with Crippen molar-refractivity contribution < 1.29 is 14.7 Å². The lowest BCUT2D eigenvalue weighted by molar-refractivity contribution is -0.129.